The summed E-state index contributed by atoms with van der Waals surface area (Å²) in [5.74, 6) is -0.587. The first-order valence-corrected chi connectivity index (χ1v) is 10.4. The highest BCUT2D eigenvalue weighted by Crippen LogP contribution is 2.29. The van der Waals surface area contributed by atoms with Gasteiger partial charge in [-0.05, 0) is 47.9 Å². The Morgan fingerprint density at radius 3 is 1.97 bits per heavy atom. The molecule has 3 rings (SSSR count). The second-order valence-corrected chi connectivity index (χ2v) is 7.86. The van der Waals surface area contributed by atoms with Gasteiger partial charge in [-0.3, -0.25) is 4.79 Å². The third-order valence-electron chi connectivity index (χ3n) is 4.65. The molecular weight excluding hydrogens is 464 g/mol. The van der Waals surface area contributed by atoms with Crippen molar-refractivity contribution < 1.29 is 22.7 Å². The molecule has 0 radical (unpaired) electrons. The second kappa shape index (κ2) is 10.7. The maximum atomic E-state index is 12.4. The summed E-state index contributed by atoms with van der Waals surface area (Å²) in [7, 11) is 0. The van der Waals surface area contributed by atoms with Gasteiger partial charge in [-0.25, -0.2) is 4.98 Å². The van der Waals surface area contributed by atoms with E-state index in [0.29, 0.717) is 23.0 Å². The zero-order valence-electron chi connectivity index (χ0n) is 16.7. The van der Waals surface area contributed by atoms with Crippen molar-refractivity contribution >= 4 is 29.1 Å². The molecule has 0 aliphatic heterocycles. The van der Waals surface area contributed by atoms with Crippen molar-refractivity contribution in [3.63, 3.8) is 0 Å². The third-order valence-corrected chi connectivity index (χ3v) is 5.15. The van der Waals surface area contributed by atoms with E-state index in [9.17, 15) is 18.0 Å². The lowest BCUT2D eigenvalue weighted by molar-refractivity contribution is -0.154. The van der Waals surface area contributed by atoms with Crippen LogP contribution in [0, 0.1) is 0 Å². The van der Waals surface area contributed by atoms with Crippen LogP contribution < -0.4 is 10.1 Å². The minimum absolute atomic E-state index is 0.00102. The van der Waals surface area contributed by atoms with Crippen molar-refractivity contribution in [1.82, 2.24) is 10.3 Å². The van der Waals surface area contributed by atoms with E-state index in [4.69, 9.17) is 23.2 Å². The number of nitrogens with one attached hydrogen (secondary N) is 1. The summed E-state index contributed by atoms with van der Waals surface area (Å²) in [6.45, 7) is -1.08. The van der Waals surface area contributed by atoms with E-state index in [1.807, 2.05) is 48.5 Å². The molecule has 0 saturated heterocycles. The molecule has 0 fully saturated rings. The molecule has 1 heterocycles. The lowest BCUT2D eigenvalue weighted by Crippen LogP contribution is -2.26. The predicted molar refractivity (Wildman–Crippen MR) is 117 cm³/mol. The highest BCUT2D eigenvalue weighted by atomic mass is 35.5. The van der Waals surface area contributed by atoms with Crippen molar-refractivity contribution in [2.45, 2.75) is 18.5 Å². The van der Waals surface area contributed by atoms with Crippen LogP contribution in [0.2, 0.25) is 10.0 Å². The first-order chi connectivity index (χ1) is 15.2. The molecule has 168 valence electrons. The summed E-state index contributed by atoms with van der Waals surface area (Å²) in [5, 5.41) is 4.08. The molecule has 1 N–H and O–H groups in total. The number of ether oxygens (including phenoxy) is 1. The molecule has 0 saturated carbocycles. The van der Waals surface area contributed by atoms with Gasteiger partial charge >= 0.3 is 6.18 Å². The Bertz CT molecular complexity index is 980. The summed E-state index contributed by atoms with van der Waals surface area (Å²) < 4.78 is 41.2. The van der Waals surface area contributed by atoms with Crippen molar-refractivity contribution in [3.05, 3.63) is 93.6 Å². The molecule has 32 heavy (non-hydrogen) atoms. The lowest BCUT2D eigenvalue weighted by atomic mass is 9.88. The van der Waals surface area contributed by atoms with Gasteiger partial charge < -0.3 is 10.1 Å². The average Bonchev–Trinajstić information content (AvgIpc) is 2.77. The summed E-state index contributed by atoms with van der Waals surface area (Å²) in [5.41, 5.74) is 2.30. The van der Waals surface area contributed by atoms with E-state index in [1.54, 1.807) is 0 Å². The Balaban J connectivity index is 1.62. The summed E-state index contributed by atoms with van der Waals surface area (Å²) in [6.07, 6.45) is -2.67. The minimum Gasteiger partial charge on any atom is -0.468 e. The molecular formula is C23H19Cl2F3N2O2. The summed E-state index contributed by atoms with van der Waals surface area (Å²) in [6, 6.07) is 17.6. The third kappa shape index (κ3) is 7.14. The van der Waals surface area contributed by atoms with Gasteiger partial charge in [0.25, 0.3) is 5.91 Å². The zero-order chi connectivity index (χ0) is 23.1. The van der Waals surface area contributed by atoms with Gasteiger partial charge in [-0.15, -0.1) is 0 Å². The summed E-state index contributed by atoms with van der Waals surface area (Å²) in [4.78, 5) is 16.2. The topological polar surface area (TPSA) is 51.2 Å². The first kappa shape index (κ1) is 23.9. The molecule has 0 spiro atoms. The first-order valence-electron chi connectivity index (χ1n) is 9.66. The fourth-order valence-corrected chi connectivity index (χ4v) is 3.36. The van der Waals surface area contributed by atoms with Gasteiger partial charge in [0.1, 0.15) is 0 Å². The number of benzene rings is 2. The van der Waals surface area contributed by atoms with Crippen molar-refractivity contribution in [1.29, 1.82) is 0 Å². The smallest absolute Gasteiger partial charge is 0.422 e. The fourth-order valence-electron chi connectivity index (χ4n) is 3.10. The van der Waals surface area contributed by atoms with E-state index < -0.39 is 12.8 Å². The molecule has 2 aromatic carbocycles. The molecule has 3 aromatic rings. The van der Waals surface area contributed by atoms with Gasteiger partial charge in [0.2, 0.25) is 5.88 Å². The minimum atomic E-state index is -4.46. The Morgan fingerprint density at radius 2 is 1.50 bits per heavy atom. The van der Waals surface area contributed by atoms with E-state index >= 15 is 0 Å². The van der Waals surface area contributed by atoms with Crippen LogP contribution in [-0.2, 0) is 0 Å². The summed E-state index contributed by atoms with van der Waals surface area (Å²) >= 11 is 12.0. The number of pyridine rings is 1. The van der Waals surface area contributed by atoms with Gasteiger partial charge in [0.15, 0.2) is 6.61 Å². The SMILES string of the molecule is O=C(NCCC(c1ccc(Cl)cc1)c1ccc(Cl)cc1)c1ccc(OCC(F)(F)F)nc1. The van der Waals surface area contributed by atoms with Crippen LogP contribution in [0.1, 0.15) is 33.8 Å². The number of rotatable bonds is 8. The molecule has 0 atom stereocenters. The standard InChI is InChI=1S/C23H19Cl2F3N2O2/c24-18-6-1-15(2-7-18)20(16-3-8-19(25)9-4-16)11-12-29-22(31)17-5-10-21(30-13-17)32-14-23(26,27)28/h1-10,13,20H,11-12,14H2,(H,29,31). The highest BCUT2D eigenvalue weighted by molar-refractivity contribution is 6.30. The number of carbonyl (C=O) groups excluding carboxylic acids is 1. The van der Waals surface area contributed by atoms with E-state index in [2.05, 4.69) is 15.0 Å². The monoisotopic (exact) mass is 482 g/mol. The van der Waals surface area contributed by atoms with Crippen molar-refractivity contribution in [2.24, 2.45) is 0 Å². The Labute approximate surface area is 193 Å². The maximum Gasteiger partial charge on any atom is 0.422 e. The molecule has 9 heteroatoms. The number of nitrogens with zero attached hydrogens (tertiary/aromatic N) is 1. The van der Waals surface area contributed by atoms with Gasteiger partial charge in [0, 0.05) is 34.8 Å². The number of amides is 1. The molecule has 0 aliphatic rings. The van der Waals surface area contributed by atoms with Crippen LogP contribution in [0.15, 0.2) is 66.9 Å². The highest BCUT2D eigenvalue weighted by Gasteiger charge is 2.28. The number of halogens is 5. The molecule has 1 amide bonds. The fraction of sp³-hybridized carbons (Fsp3) is 0.217. The Morgan fingerprint density at radius 1 is 0.938 bits per heavy atom. The average molecular weight is 483 g/mol. The molecule has 0 bridgehead atoms. The van der Waals surface area contributed by atoms with Gasteiger partial charge in [0.05, 0.1) is 5.56 Å². The number of aromatic nitrogens is 1. The Hall–Kier alpha value is -2.77. The van der Waals surface area contributed by atoms with Crippen LogP contribution in [-0.4, -0.2) is 30.2 Å². The van der Waals surface area contributed by atoms with E-state index in [0.717, 1.165) is 11.1 Å². The number of hydrogen-bond donors (Lipinski definition) is 1. The van der Waals surface area contributed by atoms with Crippen molar-refractivity contribution in [2.75, 3.05) is 13.2 Å². The Kier molecular flexibility index (Phi) is 7.99. The van der Waals surface area contributed by atoms with E-state index in [-0.39, 0.29) is 23.3 Å². The normalized spacial score (nSPS) is 11.4. The number of hydrogen-bond acceptors (Lipinski definition) is 3. The van der Waals surface area contributed by atoms with Gasteiger partial charge in [-0.2, -0.15) is 13.2 Å². The van der Waals surface area contributed by atoms with Crippen LogP contribution in [0.25, 0.3) is 0 Å². The van der Waals surface area contributed by atoms with E-state index in [1.165, 1.54) is 18.3 Å². The molecule has 0 unspecified atom stereocenters. The maximum absolute atomic E-state index is 12.4. The number of alkyl halides is 3. The predicted octanol–water partition coefficient (Wildman–Crippen LogP) is 6.28. The van der Waals surface area contributed by atoms with Gasteiger partial charge in [-0.1, -0.05) is 47.5 Å². The van der Waals surface area contributed by atoms with Crippen molar-refractivity contribution in [3.8, 4) is 5.88 Å². The molecule has 4 nitrogen and oxygen atoms in total. The van der Waals surface area contributed by atoms with Crippen LogP contribution in [0.5, 0.6) is 5.88 Å². The molecule has 0 aliphatic carbocycles. The quantitative estimate of drug-likeness (QED) is 0.410. The van der Waals surface area contributed by atoms with Crippen LogP contribution in [0.3, 0.4) is 0 Å². The lowest BCUT2D eigenvalue weighted by Gasteiger charge is -2.19. The number of carbonyl (C=O) groups is 1. The zero-order valence-corrected chi connectivity index (χ0v) is 18.2. The molecule has 1 aromatic heterocycles. The largest absolute Gasteiger partial charge is 0.468 e. The van der Waals surface area contributed by atoms with Crippen LogP contribution >= 0.6 is 23.2 Å². The van der Waals surface area contributed by atoms with Crippen LogP contribution in [0.4, 0.5) is 13.2 Å². The second-order valence-electron chi connectivity index (χ2n) is 6.99.